The Bertz CT molecular complexity index is 387. The molecule has 1 aliphatic heterocycles. The molecule has 2 rings (SSSR count). The third kappa shape index (κ3) is 4.28. The molecule has 4 heteroatoms. The van der Waals surface area contributed by atoms with Crippen LogP contribution in [0.15, 0.2) is 24.3 Å². The van der Waals surface area contributed by atoms with Crippen LogP contribution in [0.1, 0.15) is 17.2 Å². The van der Waals surface area contributed by atoms with Crippen LogP contribution in [0.3, 0.4) is 0 Å². The molecular weight excluding hydrogens is 250 g/mol. The molecule has 1 fully saturated rings. The normalized spacial score (nSPS) is 18.4. The van der Waals surface area contributed by atoms with Crippen LogP contribution in [0.25, 0.3) is 0 Å². The van der Waals surface area contributed by atoms with E-state index in [9.17, 15) is 5.11 Å². The molecule has 4 nitrogen and oxygen atoms in total. The summed E-state index contributed by atoms with van der Waals surface area (Å²) >= 11 is 0. The van der Waals surface area contributed by atoms with Gasteiger partial charge in [-0.3, -0.25) is 9.80 Å². The Morgan fingerprint density at radius 2 is 1.90 bits per heavy atom. The van der Waals surface area contributed by atoms with Crippen molar-refractivity contribution >= 4 is 0 Å². The van der Waals surface area contributed by atoms with Crippen molar-refractivity contribution in [3.63, 3.8) is 0 Å². The average molecular weight is 277 g/mol. The summed E-state index contributed by atoms with van der Waals surface area (Å²) in [5, 5.41) is 12.6. The van der Waals surface area contributed by atoms with Crippen LogP contribution in [-0.4, -0.2) is 67.8 Å². The maximum absolute atomic E-state index is 9.22. The summed E-state index contributed by atoms with van der Waals surface area (Å²) in [6.45, 7) is 8.43. The quantitative estimate of drug-likeness (QED) is 0.809. The topological polar surface area (TPSA) is 38.7 Å². The predicted octanol–water partition coefficient (Wildman–Crippen LogP) is 0.865. The Hall–Kier alpha value is -0.940. The number of nitrogens with zero attached hydrogens (tertiary/aromatic N) is 2. The number of aliphatic hydroxyl groups excluding tert-OH is 1. The van der Waals surface area contributed by atoms with Gasteiger partial charge >= 0.3 is 0 Å². The summed E-state index contributed by atoms with van der Waals surface area (Å²) < 4.78 is 0. The zero-order valence-electron chi connectivity index (χ0n) is 12.7. The standard InChI is InChI=1S/C16H27N3O/c1-14-3-5-15(6-4-14)16(18(2)11-12-20)13-19-9-7-17-8-10-19/h3-6,16-17,20H,7-13H2,1-2H3. The SMILES string of the molecule is Cc1ccc(C(CN2CCNCC2)N(C)CCO)cc1. The maximum atomic E-state index is 9.22. The highest BCUT2D eigenvalue weighted by Gasteiger charge is 2.21. The lowest BCUT2D eigenvalue weighted by Gasteiger charge is -2.35. The summed E-state index contributed by atoms with van der Waals surface area (Å²) in [6.07, 6.45) is 0. The Morgan fingerprint density at radius 3 is 2.50 bits per heavy atom. The fourth-order valence-electron chi connectivity index (χ4n) is 2.74. The first-order valence-corrected chi connectivity index (χ1v) is 7.51. The number of benzene rings is 1. The van der Waals surface area contributed by atoms with Gasteiger partial charge in [0.1, 0.15) is 0 Å². The van der Waals surface area contributed by atoms with Crippen molar-refractivity contribution in [2.75, 3.05) is 52.9 Å². The van der Waals surface area contributed by atoms with E-state index in [0.717, 1.165) is 32.7 Å². The summed E-state index contributed by atoms with van der Waals surface area (Å²) in [7, 11) is 2.10. The maximum Gasteiger partial charge on any atom is 0.0558 e. The molecule has 0 spiro atoms. The minimum atomic E-state index is 0.209. The molecule has 1 aliphatic rings. The highest BCUT2D eigenvalue weighted by molar-refractivity contribution is 5.24. The van der Waals surface area contributed by atoms with Gasteiger partial charge in [0.25, 0.3) is 0 Å². The lowest BCUT2D eigenvalue weighted by atomic mass is 10.0. The van der Waals surface area contributed by atoms with Crippen molar-refractivity contribution in [1.82, 2.24) is 15.1 Å². The molecule has 0 bridgehead atoms. The number of aryl methyl sites for hydroxylation is 1. The van der Waals surface area contributed by atoms with Crippen LogP contribution in [0.2, 0.25) is 0 Å². The molecule has 0 amide bonds. The van der Waals surface area contributed by atoms with E-state index < -0.39 is 0 Å². The molecule has 1 atom stereocenters. The van der Waals surface area contributed by atoms with E-state index in [-0.39, 0.29) is 6.61 Å². The average Bonchev–Trinajstić information content (AvgIpc) is 2.47. The monoisotopic (exact) mass is 277 g/mol. The van der Waals surface area contributed by atoms with Gasteiger partial charge in [-0.05, 0) is 19.5 Å². The van der Waals surface area contributed by atoms with Crippen molar-refractivity contribution in [2.45, 2.75) is 13.0 Å². The molecule has 112 valence electrons. The van der Waals surface area contributed by atoms with Crippen molar-refractivity contribution in [2.24, 2.45) is 0 Å². The summed E-state index contributed by atoms with van der Waals surface area (Å²) in [5.41, 5.74) is 2.63. The van der Waals surface area contributed by atoms with Crippen molar-refractivity contribution < 1.29 is 5.11 Å². The lowest BCUT2D eigenvalue weighted by Crippen LogP contribution is -2.47. The third-order valence-electron chi connectivity index (χ3n) is 4.09. The number of piperazine rings is 1. The number of nitrogens with one attached hydrogen (secondary N) is 1. The van der Waals surface area contributed by atoms with Crippen molar-refractivity contribution in [1.29, 1.82) is 0 Å². The molecule has 0 aromatic heterocycles. The minimum absolute atomic E-state index is 0.209. The van der Waals surface area contributed by atoms with Crippen molar-refractivity contribution in [3.05, 3.63) is 35.4 Å². The Balaban J connectivity index is 2.08. The van der Waals surface area contributed by atoms with Gasteiger partial charge in [-0.1, -0.05) is 29.8 Å². The van der Waals surface area contributed by atoms with Crippen LogP contribution in [-0.2, 0) is 0 Å². The first-order chi connectivity index (χ1) is 9.70. The van der Waals surface area contributed by atoms with Gasteiger partial charge in [0, 0.05) is 45.3 Å². The van der Waals surface area contributed by atoms with E-state index in [1.54, 1.807) is 0 Å². The van der Waals surface area contributed by atoms with Gasteiger partial charge in [0.15, 0.2) is 0 Å². The van der Waals surface area contributed by atoms with Gasteiger partial charge in [0.05, 0.1) is 6.61 Å². The Labute approximate surface area is 122 Å². The highest BCUT2D eigenvalue weighted by Crippen LogP contribution is 2.21. The van der Waals surface area contributed by atoms with Crippen molar-refractivity contribution in [3.8, 4) is 0 Å². The van der Waals surface area contributed by atoms with Crippen LogP contribution in [0.4, 0.5) is 0 Å². The van der Waals surface area contributed by atoms with E-state index in [0.29, 0.717) is 12.6 Å². The molecule has 20 heavy (non-hydrogen) atoms. The fourth-order valence-corrected chi connectivity index (χ4v) is 2.74. The molecule has 0 radical (unpaired) electrons. The van der Waals surface area contributed by atoms with Gasteiger partial charge in [0.2, 0.25) is 0 Å². The molecule has 0 aliphatic carbocycles. The smallest absolute Gasteiger partial charge is 0.0558 e. The second-order valence-corrected chi connectivity index (χ2v) is 5.68. The summed E-state index contributed by atoms with van der Waals surface area (Å²) in [6, 6.07) is 9.13. The molecule has 1 heterocycles. The minimum Gasteiger partial charge on any atom is -0.395 e. The van der Waals surface area contributed by atoms with Crippen LogP contribution < -0.4 is 5.32 Å². The Morgan fingerprint density at radius 1 is 1.25 bits per heavy atom. The lowest BCUT2D eigenvalue weighted by molar-refractivity contribution is 0.130. The number of hydrogen-bond acceptors (Lipinski definition) is 4. The first kappa shape index (κ1) is 15.4. The van der Waals surface area contributed by atoms with Crippen LogP contribution in [0.5, 0.6) is 0 Å². The summed E-state index contributed by atoms with van der Waals surface area (Å²) in [4.78, 5) is 4.77. The molecule has 0 saturated carbocycles. The van der Waals surface area contributed by atoms with E-state index in [4.69, 9.17) is 0 Å². The number of likely N-dealkylation sites (N-methyl/N-ethyl adjacent to an activating group) is 1. The van der Waals surface area contributed by atoms with E-state index in [1.165, 1.54) is 11.1 Å². The zero-order valence-corrected chi connectivity index (χ0v) is 12.7. The molecule has 1 aromatic rings. The third-order valence-corrected chi connectivity index (χ3v) is 4.09. The second kappa shape index (κ2) is 7.74. The van der Waals surface area contributed by atoms with E-state index in [2.05, 4.69) is 53.4 Å². The Kier molecular flexibility index (Phi) is 5.98. The van der Waals surface area contributed by atoms with Gasteiger partial charge in [-0.15, -0.1) is 0 Å². The van der Waals surface area contributed by atoms with Gasteiger partial charge in [-0.2, -0.15) is 0 Å². The molecule has 1 aromatic carbocycles. The van der Waals surface area contributed by atoms with Crippen LogP contribution in [0, 0.1) is 6.92 Å². The number of rotatable bonds is 6. The molecule has 2 N–H and O–H groups in total. The summed E-state index contributed by atoms with van der Waals surface area (Å²) in [5.74, 6) is 0. The van der Waals surface area contributed by atoms with E-state index >= 15 is 0 Å². The number of hydrogen-bond donors (Lipinski definition) is 2. The first-order valence-electron chi connectivity index (χ1n) is 7.51. The molecule has 1 unspecified atom stereocenters. The van der Waals surface area contributed by atoms with E-state index in [1.807, 2.05) is 0 Å². The fraction of sp³-hybridized carbons (Fsp3) is 0.625. The second-order valence-electron chi connectivity index (χ2n) is 5.68. The highest BCUT2D eigenvalue weighted by atomic mass is 16.3. The molecule has 1 saturated heterocycles. The number of aliphatic hydroxyl groups is 1. The van der Waals surface area contributed by atoms with Crippen LogP contribution >= 0.6 is 0 Å². The molecular formula is C16H27N3O. The van der Waals surface area contributed by atoms with Gasteiger partial charge < -0.3 is 10.4 Å². The van der Waals surface area contributed by atoms with Gasteiger partial charge in [-0.25, -0.2) is 0 Å². The predicted molar refractivity (Wildman–Crippen MR) is 82.9 cm³/mol. The zero-order chi connectivity index (χ0) is 14.4. The largest absolute Gasteiger partial charge is 0.395 e.